The van der Waals surface area contributed by atoms with Gasteiger partial charge in [0.05, 0.1) is 24.7 Å². The van der Waals surface area contributed by atoms with E-state index in [0.29, 0.717) is 26.2 Å². The van der Waals surface area contributed by atoms with Gasteiger partial charge in [-0.3, -0.25) is 9.69 Å². The van der Waals surface area contributed by atoms with Crippen molar-refractivity contribution in [2.75, 3.05) is 6.61 Å². The SMILES string of the molecule is Cc1cc(C)c2[nH]c(=O)c(CN(Cc3ccccc3)Cc3nnnn3CC3CCCO3)cc2c1. The number of hydrogen-bond donors (Lipinski definition) is 1. The molecule has 1 fully saturated rings. The minimum absolute atomic E-state index is 0.0588. The Morgan fingerprint density at radius 2 is 1.97 bits per heavy atom. The summed E-state index contributed by atoms with van der Waals surface area (Å²) in [5.41, 5.74) is 4.99. The smallest absolute Gasteiger partial charge is 0.252 e. The van der Waals surface area contributed by atoms with Crippen LogP contribution in [-0.2, 0) is 30.9 Å². The lowest BCUT2D eigenvalue weighted by atomic mass is 10.0. The van der Waals surface area contributed by atoms with Crippen LogP contribution in [0, 0.1) is 13.8 Å². The largest absolute Gasteiger partial charge is 0.376 e. The van der Waals surface area contributed by atoms with Gasteiger partial charge in [-0.15, -0.1) is 5.10 Å². The van der Waals surface area contributed by atoms with Gasteiger partial charge < -0.3 is 9.72 Å². The monoisotopic (exact) mass is 458 g/mol. The van der Waals surface area contributed by atoms with Crippen LogP contribution in [0.15, 0.2) is 53.3 Å². The molecule has 0 amide bonds. The summed E-state index contributed by atoms with van der Waals surface area (Å²) < 4.78 is 7.62. The summed E-state index contributed by atoms with van der Waals surface area (Å²) in [7, 11) is 0. The Kier molecular flexibility index (Phi) is 6.51. The van der Waals surface area contributed by atoms with E-state index in [4.69, 9.17) is 4.74 Å². The molecule has 0 spiro atoms. The number of nitrogens with zero attached hydrogens (tertiary/aromatic N) is 5. The molecule has 0 saturated carbocycles. The van der Waals surface area contributed by atoms with Gasteiger partial charge >= 0.3 is 0 Å². The molecule has 1 unspecified atom stereocenters. The van der Waals surface area contributed by atoms with E-state index < -0.39 is 0 Å². The second kappa shape index (κ2) is 9.87. The number of aromatic nitrogens is 5. The number of benzene rings is 2. The first-order valence-electron chi connectivity index (χ1n) is 11.8. The Bertz CT molecular complexity index is 1320. The van der Waals surface area contributed by atoms with E-state index in [0.717, 1.165) is 47.3 Å². The fraction of sp³-hybridized carbons (Fsp3) is 0.385. The molecule has 1 saturated heterocycles. The molecule has 4 aromatic rings. The Morgan fingerprint density at radius 3 is 2.76 bits per heavy atom. The molecule has 1 aliphatic heterocycles. The number of aryl methyl sites for hydroxylation is 2. The molecule has 0 radical (unpaired) electrons. The summed E-state index contributed by atoms with van der Waals surface area (Å²) in [4.78, 5) is 18.3. The molecule has 0 aliphatic carbocycles. The summed E-state index contributed by atoms with van der Waals surface area (Å²) in [6.07, 6.45) is 2.25. The van der Waals surface area contributed by atoms with Crippen LogP contribution in [0.5, 0.6) is 0 Å². The number of ether oxygens (including phenoxy) is 1. The Morgan fingerprint density at radius 1 is 1.12 bits per heavy atom. The molecule has 8 nitrogen and oxygen atoms in total. The van der Waals surface area contributed by atoms with Gasteiger partial charge in [-0.1, -0.05) is 42.0 Å². The molecule has 2 aromatic heterocycles. The fourth-order valence-electron chi connectivity index (χ4n) is 4.76. The van der Waals surface area contributed by atoms with E-state index in [1.54, 1.807) is 0 Å². The van der Waals surface area contributed by atoms with Gasteiger partial charge in [-0.25, -0.2) is 4.68 Å². The number of hydrogen-bond acceptors (Lipinski definition) is 6. The van der Waals surface area contributed by atoms with Crippen molar-refractivity contribution in [2.45, 2.75) is 59.0 Å². The van der Waals surface area contributed by atoms with Crippen LogP contribution in [0.1, 0.15) is 40.9 Å². The van der Waals surface area contributed by atoms with E-state index in [-0.39, 0.29) is 11.7 Å². The van der Waals surface area contributed by atoms with Gasteiger partial charge in [0.1, 0.15) is 0 Å². The first-order chi connectivity index (χ1) is 16.5. The van der Waals surface area contributed by atoms with Crippen molar-refractivity contribution in [3.63, 3.8) is 0 Å². The fourth-order valence-corrected chi connectivity index (χ4v) is 4.76. The zero-order valence-corrected chi connectivity index (χ0v) is 19.7. The van der Waals surface area contributed by atoms with E-state index in [1.165, 1.54) is 11.1 Å². The van der Waals surface area contributed by atoms with Gasteiger partial charge in [0.25, 0.3) is 5.56 Å². The summed E-state index contributed by atoms with van der Waals surface area (Å²) in [6.45, 7) is 7.24. The van der Waals surface area contributed by atoms with Gasteiger partial charge in [0, 0.05) is 25.3 Å². The number of tetrazole rings is 1. The number of H-pyrrole nitrogens is 1. The van der Waals surface area contributed by atoms with Crippen molar-refractivity contribution >= 4 is 10.9 Å². The van der Waals surface area contributed by atoms with Crippen LogP contribution in [0.25, 0.3) is 10.9 Å². The third kappa shape index (κ3) is 5.08. The molecule has 3 heterocycles. The highest BCUT2D eigenvalue weighted by Crippen LogP contribution is 2.20. The van der Waals surface area contributed by atoms with Crippen molar-refractivity contribution in [2.24, 2.45) is 0 Å². The van der Waals surface area contributed by atoms with E-state index in [1.807, 2.05) is 35.9 Å². The molecule has 1 N–H and O–H groups in total. The van der Waals surface area contributed by atoms with Gasteiger partial charge in [-0.2, -0.15) is 0 Å². The minimum atomic E-state index is -0.0588. The third-order valence-electron chi connectivity index (χ3n) is 6.38. The molecule has 0 bridgehead atoms. The Balaban J connectivity index is 1.43. The maximum atomic E-state index is 13.0. The predicted octanol–water partition coefficient (Wildman–Crippen LogP) is 3.51. The average Bonchev–Trinajstić information content (AvgIpc) is 3.48. The normalized spacial score (nSPS) is 16.0. The second-order valence-corrected chi connectivity index (χ2v) is 9.21. The summed E-state index contributed by atoms with van der Waals surface area (Å²) >= 11 is 0. The first-order valence-corrected chi connectivity index (χ1v) is 11.8. The summed E-state index contributed by atoms with van der Waals surface area (Å²) in [6, 6.07) is 16.5. The van der Waals surface area contributed by atoms with E-state index in [9.17, 15) is 4.79 Å². The number of rotatable bonds is 8. The molecule has 176 valence electrons. The zero-order valence-electron chi connectivity index (χ0n) is 19.7. The average molecular weight is 459 g/mol. The highest BCUT2D eigenvalue weighted by atomic mass is 16.5. The predicted molar refractivity (Wildman–Crippen MR) is 130 cm³/mol. The first kappa shape index (κ1) is 22.4. The maximum Gasteiger partial charge on any atom is 0.252 e. The number of fused-ring (bicyclic) bond motifs is 1. The highest BCUT2D eigenvalue weighted by Gasteiger charge is 2.21. The van der Waals surface area contributed by atoms with Crippen LogP contribution in [0.2, 0.25) is 0 Å². The Labute approximate surface area is 198 Å². The number of pyridine rings is 1. The van der Waals surface area contributed by atoms with Crippen LogP contribution in [-0.4, -0.2) is 42.8 Å². The van der Waals surface area contributed by atoms with Gasteiger partial charge in [0.15, 0.2) is 5.82 Å². The van der Waals surface area contributed by atoms with Crippen LogP contribution in [0.3, 0.4) is 0 Å². The quantitative estimate of drug-likeness (QED) is 0.435. The van der Waals surface area contributed by atoms with Crippen molar-refractivity contribution in [3.8, 4) is 0 Å². The maximum absolute atomic E-state index is 13.0. The molecule has 34 heavy (non-hydrogen) atoms. The van der Waals surface area contributed by atoms with E-state index in [2.05, 4.69) is 56.6 Å². The van der Waals surface area contributed by atoms with Crippen LogP contribution < -0.4 is 5.56 Å². The van der Waals surface area contributed by atoms with Gasteiger partial charge in [-0.05, 0) is 65.8 Å². The molecular formula is C26H30N6O2. The zero-order chi connectivity index (χ0) is 23.5. The molecule has 5 rings (SSSR count). The molecule has 8 heteroatoms. The standard InChI is InChI=1S/C26H30N6O2/c1-18-11-19(2)25-21(12-18)13-22(26(33)27-25)15-31(14-20-7-4-3-5-8-20)17-24-28-29-30-32(24)16-23-9-6-10-34-23/h3-5,7-8,11-13,23H,6,9-10,14-17H2,1-2H3,(H,27,33). The molecule has 1 atom stereocenters. The molecule has 2 aromatic carbocycles. The lowest BCUT2D eigenvalue weighted by molar-refractivity contribution is 0.0914. The van der Waals surface area contributed by atoms with Crippen molar-refractivity contribution in [1.29, 1.82) is 0 Å². The topological polar surface area (TPSA) is 88.9 Å². The van der Waals surface area contributed by atoms with Gasteiger partial charge in [0.2, 0.25) is 0 Å². The lowest BCUT2D eigenvalue weighted by Crippen LogP contribution is -2.29. The summed E-state index contributed by atoms with van der Waals surface area (Å²) in [5.74, 6) is 0.773. The molecular weight excluding hydrogens is 428 g/mol. The molecule has 1 aliphatic rings. The third-order valence-corrected chi connectivity index (χ3v) is 6.38. The van der Waals surface area contributed by atoms with E-state index >= 15 is 0 Å². The highest BCUT2D eigenvalue weighted by molar-refractivity contribution is 5.82. The number of nitrogens with one attached hydrogen (secondary N) is 1. The lowest BCUT2D eigenvalue weighted by Gasteiger charge is -2.22. The summed E-state index contributed by atoms with van der Waals surface area (Å²) in [5, 5.41) is 13.5. The Hall–Kier alpha value is -3.36. The van der Waals surface area contributed by atoms with Crippen LogP contribution >= 0.6 is 0 Å². The minimum Gasteiger partial charge on any atom is -0.376 e. The van der Waals surface area contributed by atoms with Crippen molar-refractivity contribution < 1.29 is 4.74 Å². The van der Waals surface area contributed by atoms with Crippen LogP contribution in [0.4, 0.5) is 0 Å². The van der Waals surface area contributed by atoms with Crippen molar-refractivity contribution in [3.05, 3.63) is 87.0 Å². The second-order valence-electron chi connectivity index (χ2n) is 9.21. The number of aromatic amines is 1. The van der Waals surface area contributed by atoms with Crippen molar-refractivity contribution in [1.82, 2.24) is 30.1 Å².